The monoisotopic (exact) mass is 287 g/mol. The molecular weight excluding hydrogens is 273 g/mol. The molecular formula is C15H14FN3S. The summed E-state index contributed by atoms with van der Waals surface area (Å²) in [4.78, 5) is 10.9. The summed E-state index contributed by atoms with van der Waals surface area (Å²) in [6.07, 6.45) is 0. The van der Waals surface area contributed by atoms with Crippen molar-refractivity contribution in [3.63, 3.8) is 0 Å². The molecule has 2 aromatic heterocycles. The number of hydrogen-bond donors (Lipinski definition) is 1. The fourth-order valence-electron chi connectivity index (χ4n) is 2.24. The minimum absolute atomic E-state index is 0.300. The number of aryl methyl sites for hydroxylation is 3. The number of rotatable bonds is 1. The molecule has 0 aliphatic heterocycles. The lowest BCUT2D eigenvalue weighted by atomic mass is 10.1. The van der Waals surface area contributed by atoms with Gasteiger partial charge in [0.25, 0.3) is 0 Å². The zero-order valence-electron chi connectivity index (χ0n) is 11.5. The number of nitrogen functional groups attached to an aromatic ring is 1. The molecule has 0 unspecified atom stereocenters. The Morgan fingerprint density at radius 1 is 1.15 bits per heavy atom. The first kappa shape index (κ1) is 13.0. The first-order valence-electron chi connectivity index (χ1n) is 6.27. The molecule has 0 atom stereocenters. The Morgan fingerprint density at radius 3 is 2.65 bits per heavy atom. The summed E-state index contributed by atoms with van der Waals surface area (Å²) >= 11 is 1.59. The van der Waals surface area contributed by atoms with E-state index in [9.17, 15) is 4.39 Å². The van der Waals surface area contributed by atoms with Crippen LogP contribution in [0, 0.1) is 26.6 Å². The van der Waals surface area contributed by atoms with Gasteiger partial charge in [0, 0.05) is 10.4 Å². The van der Waals surface area contributed by atoms with Crippen LogP contribution < -0.4 is 5.73 Å². The normalized spacial score (nSPS) is 11.2. The summed E-state index contributed by atoms with van der Waals surface area (Å²) in [5.41, 5.74) is 8.78. The van der Waals surface area contributed by atoms with Crippen LogP contribution in [-0.2, 0) is 0 Å². The van der Waals surface area contributed by atoms with Gasteiger partial charge in [-0.05, 0) is 44.0 Å². The number of thiophene rings is 1. The van der Waals surface area contributed by atoms with Crippen molar-refractivity contribution in [1.82, 2.24) is 9.97 Å². The maximum atomic E-state index is 13.4. The van der Waals surface area contributed by atoms with Gasteiger partial charge in [0.15, 0.2) is 5.82 Å². The SMILES string of the molecule is Cc1ccc(F)cc1-c1nc(N)c2c(C)c(C)sc2n1. The molecule has 102 valence electrons. The van der Waals surface area contributed by atoms with Gasteiger partial charge in [-0.1, -0.05) is 6.07 Å². The second-order valence-corrected chi connectivity index (χ2v) is 6.06. The molecule has 3 aromatic rings. The lowest BCUT2D eigenvalue weighted by molar-refractivity contribution is 0.628. The van der Waals surface area contributed by atoms with Crippen LogP contribution in [0.15, 0.2) is 18.2 Å². The number of fused-ring (bicyclic) bond motifs is 1. The highest BCUT2D eigenvalue weighted by molar-refractivity contribution is 7.18. The summed E-state index contributed by atoms with van der Waals surface area (Å²) in [6.45, 7) is 5.96. The summed E-state index contributed by atoms with van der Waals surface area (Å²) in [6, 6.07) is 4.60. The van der Waals surface area contributed by atoms with Gasteiger partial charge in [0.1, 0.15) is 16.5 Å². The molecule has 3 nitrogen and oxygen atoms in total. The zero-order valence-corrected chi connectivity index (χ0v) is 12.3. The summed E-state index contributed by atoms with van der Waals surface area (Å²) in [7, 11) is 0. The van der Waals surface area contributed by atoms with E-state index in [1.54, 1.807) is 17.4 Å². The van der Waals surface area contributed by atoms with Crippen LogP contribution in [0.25, 0.3) is 21.6 Å². The Morgan fingerprint density at radius 2 is 1.90 bits per heavy atom. The molecule has 2 heterocycles. The summed E-state index contributed by atoms with van der Waals surface area (Å²) in [5, 5.41) is 0.908. The maximum Gasteiger partial charge on any atom is 0.163 e. The molecule has 0 aliphatic rings. The molecule has 1 aromatic carbocycles. The van der Waals surface area contributed by atoms with E-state index in [0.717, 1.165) is 21.3 Å². The lowest BCUT2D eigenvalue weighted by Crippen LogP contribution is -1.98. The van der Waals surface area contributed by atoms with Gasteiger partial charge < -0.3 is 5.73 Å². The van der Waals surface area contributed by atoms with Crippen LogP contribution in [-0.4, -0.2) is 9.97 Å². The van der Waals surface area contributed by atoms with Crippen molar-refractivity contribution in [2.75, 3.05) is 5.73 Å². The highest BCUT2D eigenvalue weighted by atomic mass is 32.1. The molecule has 0 radical (unpaired) electrons. The molecule has 2 N–H and O–H groups in total. The van der Waals surface area contributed by atoms with Gasteiger partial charge >= 0.3 is 0 Å². The molecule has 5 heteroatoms. The third kappa shape index (κ3) is 1.94. The number of benzene rings is 1. The molecule has 0 aliphatic carbocycles. The van der Waals surface area contributed by atoms with Gasteiger partial charge in [-0.25, -0.2) is 14.4 Å². The second kappa shape index (κ2) is 4.52. The van der Waals surface area contributed by atoms with E-state index in [4.69, 9.17) is 5.73 Å². The number of anilines is 1. The minimum Gasteiger partial charge on any atom is -0.383 e. The Hall–Kier alpha value is -2.01. The van der Waals surface area contributed by atoms with E-state index in [1.165, 1.54) is 17.0 Å². The maximum absolute atomic E-state index is 13.4. The Bertz CT molecular complexity index is 824. The number of hydrogen-bond acceptors (Lipinski definition) is 4. The molecule has 0 saturated heterocycles. The first-order valence-corrected chi connectivity index (χ1v) is 7.08. The molecule has 0 bridgehead atoms. The number of nitrogens with two attached hydrogens (primary N) is 1. The topological polar surface area (TPSA) is 51.8 Å². The van der Waals surface area contributed by atoms with Gasteiger partial charge in [0.2, 0.25) is 0 Å². The van der Waals surface area contributed by atoms with Crippen LogP contribution in [0.5, 0.6) is 0 Å². The average molecular weight is 287 g/mol. The highest BCUT2D eigenvalue weighted by Gasteiger charge is 2.14. The Labute approximate surface area is 120 Å². The van der Waals surface area contributed by atoms with Crippen molar-refractivity contribution >= 4 is 27.4 Å². The molecule has 0 fully saturated rings. The second-order valence-electron chi connectivity index (χ2n) is 4.86. The predicted molar refractivity (Wildman–Crippen MR) is 81.4 cm³/mol. The van der Waals surface area contributed by atoms with Crippen LogP contribution in [0.2, 0.25) is 0 Å². The van der Waals surface area contributed by atoms with Gasteiger partial charge in [-0.15, -0.1) is 11.3 Å². The van der Waals surface area contributed by atoms with E-state index in [0.29, 0.717) is 17.2 Å². The number of aromatic nitrogens is 2. The van der Waals surface area contributed by atoms with Crippen LogP contribution in [0.1, 0.15) is 16.0 Å². The molecule has 0 amide bonds. The van der Waals surface area contributed by atoms with Crippen molar-refractivity contribution in [2.45, 2.75) is 20.8 Å². The van der Waals surface area contributed by atoms with Crippen molar-refractivity contribution in [3.8, 4) is 11.4 Å². The van der Waals surface area contributed by atoms with Gasteiger partial charge in [-0.2, -0.15) is 0 Å². The summed E-state index contributed by atoms with van der Waals surface area (Å²) < 4.78 is 13.4. The fourth-order valence-corrected chi connectivity index (χ4v) is 3.27. The highest BCUT2D eigenvalue weighted by Crippen LogP contribution is 2.34. The molecule has 3 rings (SSSR count). The minimum atomic E-state index is -0.300. The first-order chi connectivity index (χ1) is 9.47. The molecule has 20 heavy (non-hydrogen) atoms. The third-order valence-electron chi connectivity index (χ3n) is 3.50. The van der Waals surface area contributed by atoms with E-state index >= 15 is 0 Å². The van der Waals surface area contributed by atoms with Crippen molar-refractivity contribution < 1.29 is 4.39 Å². The number of halogens is 1. The van der Waals surface area contributed by atoms with E-state index < -0.39 is 0 Å². The molecule has 0 spiro atoms. The third-order valence-corrected chi connectivity index (χ3v) is 4.60. The van der Waals surface area contributed by atoms with E-state index in [2.05, 4.69) is 9.97 Å². The van der Waals surface area contributed by atoms with Crippen molar-refractivity contribution in [2.24, 2.45) is 0 Å². The number of nitrogens with zero attached hydrogens (tertiary/aromatic N) is 2. The van der Waals surface area contributed by atoms with Gasteiger partial charge in [-0.3, -0.25) is 0 Å². The van der Waals surface area contributed by atoms with Crippen molar-refractivity contribution in [3.05, 3.63) is 40.0 Å². The zero-order chi connectivity index (χ0) is 14.4. The van der Waals surface area contributed by atoms with Crippen LogP contribution in [0.3, 0.4) is 0 Å². The molecule has 0 saturated carbocycles. The largest absolute Gasteiger partial charge is 0.383 e. The van der Waals surface area contributed by atoms with Crippen LogP contribution >= 0.6 is 11.3 Å². The Kier molecular flexibility index (Phi) is 2.94. The van der Waals surface area contributed by atoms with Crippen molar-refractivity contribution in [1.29, 1.82) is 0 Å². The smallest absolute Gasteiger partial charge is 0.163 e. The average Bonchev–Trinajstić information content (AvgIpc) is 2.68. The van der Waals surface area contributed by atoms with Gasteiger partial charge in [0.05, 0.1) is 5.39 Å². The predicted octanol–water partition coefficient (Wildman–Crippen LogP) is 4.00. The van der Waals surface area contributed by atoms with E-state index in [-0.39, 0.29) is 5.82 Å². The summed E-state index contributed by atoms with van der Waals surface area (Å²) in [5.74, 6) is 0.634. The fraction of sp³-hybridized carbons (Fsp3) is 0.200. The quantitative estimate of drug-likeness (QED) is 0.736. The Balaban J connectivity index is 2.30. The van der Waals surface area contributed by atoms with E-state index in [1.807, 2.05) is 20.8 Å². The lowest BCUT2D eigenvalue weighted by Gasteiger charge is -2.06. The van der Waals surface area contributed by atoms with Crippen LogP contribution in [0.4, 0.5) is 10.2 Å². The standard InChI is InChI=1S/C15H14FN3S/c1-7-4-5-10(16)6-11(7)14-18-13(17)12-8(2)9(3)20-15(12)19-14/h4-6H,1-3H3,(H2,17,18,19).